The van der Waals surface area contributed by atoms with E-state index in [2.05, 4.69) is 6.92 Å². The largest absolute Gasteiger partial charge is 0.504 e. The summed E-state index contributed by atoms with van der Waals surface area (Å²) in [5.41, 5.74) is 1.09. The molecule has 0 spiro atoms. The standard InChI is InChI=1S/C23H32O5S/c1-2-3-4-5-6-7-8-9-10-13-19-14-11-15-20(18-19)28-23-21(24)16-12-17-22(23)29(25,26)27/h11-12,14-18,24H,2-10,13H2,1H3,(H,25,26,27). The Bertz CT molecular complexity index is 861. The summed E-state index contributed by atoms with van der Waals surface area (Å²) in [6.07, 6.45) is 12.4. The van der Waals surface area contributed by atoms with Gasteiger partial charge in [-0.15, -0.1) is 0 Å². The van der Waals surface area contributed by atoms with E-state index in [4.69, 9.17) is 4.74 Å². The van der Waals surface area contributed by atoms with Gasteiger partial charge >= 0.3 is 0 Å². The predicted molar refractivity (Wildman–Crippen MR) is 115 cm³/mol. The Kier molecular flexibility index (Phi) is 9.48. The van der Waals surface area contributed by atoms with Gasteiger partial charge in [0, 0.05) is 0 Å². The average Bonchev–Trinajstić information content (AvgIpc) is 2.68. The minimum atomic E-state index is -4.50. The summed E-state index contributed by atoms with van der Waals surface area (Å²) in [4.78, 5) is -0.457. The smallest absolute Gasteiger partial charge is 0.298 e. The van der Waals surface area contributed by atoms with Gasteiger partial charge in [0.05, 0.1) is 0 Å². The van der Waals surface area contributed by atoms with Crippen LogP contribution >= 0.6 is 0 Å². The molecule has 2 aromatic carbocycles. The lowest BCUT2D eigenvalue weighted by atomic mass is 10.0. The summed E-state index contributed by atoms with van der Waals surface area (Å²) in [5, 5.41) is 9.98. The van der Waals surface area contributed by atoms with Gasteiger partial charge < -0.3 is 9.84 Å². The number of aryl methyl sites for hydroxylation is 1. The van der Waals surface area contributed by atoms with Gasteiger partial charge in [-0.05, 0) is 42.7 Å². The van der Waals surface area contributed by atoms with Gasteiger partial charge in [0.25, 0.3) is 10.1 Å². The molecular weight excluding hydrogens is 388 g/mol. The fraction of sp³-hybridized carbons (Fsp3) is 0.478. The van der Waals surface area contributed by atoms with E-state index in [1.165, 1.54) is 69.6 Å². The zero-order valence-electron chi connectivity index (χ0n) is 17.1. The van der Waals surface area contributed by atoms with E-state index in [-0.39, 0.29) is 11.5 Å². The minimum absolute atomic E-state index is 0.268. The van der Waals surface area contributed by atoms with E-state index in [9.17, 15) is 18.1 Å². The van der Waals surface area contributed by atoms with Crippen LogP contribution in [0.2, 0.25) is 0 Å². The number of unbranched alkanes of at least 4 members (excludes halogenated alkanes) is 8. The van der Waals surface area contributed by atoms with E-state index in [0.29, 0.717) is 5.75 Å². The van der Waals surface area contributed by atoms with Gasteiger partial charge in [-0.2, -0.15) is 8.42 Å². The third-order valence-electron chi connectivity index (χ3n) is 4.92. The normalized spacial score (nSPS) is 11.5. The molecule has 0 aliphatic rings. The van der Waals surface area contributed by atoms with Crippen LogP contribution < -0.4 is 4.74 Å². The Hall–Kier alpha value is -2.05. The van der Waals surface area contributed by atoms with Gasteiger partial charge in [-0.25, -0.2) is 0 Å². The summed E-state index contributed by atoms with van der Waals surface area (Å²) in [7, 11) is -4.50. The molecule has 0 aliphatic carbocycles. The molecule has 160 valence electrons. The summed E-state index contributed by atoms with van der Waals surface area (Å²) >= 11 is 0. The highest BCUT2D eigenvalue weighted by molar-refractivity contribution is 7.86. The second-order valence-electron chi connectivity index (χ2n) is 7.41. The van der Waals surface area contributed by atoms with E-state index < -0.39 is 15.0 Å². The lowest BCUT2D eigenvalue weighted by Gasteiger charge is -2.12. The molecule has 0 amide bonds. The van der Waals surface area contributed by atoms with Crippen LogP contribution in [-0.4, -0.2) is 18.1 Å². The van der Waals surface area contributed by atoms with Crippen LogP contribution in [0.25, 0.3) is 0 Å². The maximum Gasteiger partial charge on any atom is 0.298 e. The zero-order chi connectivity index (χ0) is 21.1. The van der Waals surface area contributed by atoms with E-state index in [0.717, 1.165) is 18.4 Å². The average molecular weight is 421 g/mol. The van der Waals surface area contributed by atoms with Gasteiger partial charge in [0.15, 0.2) is 11.5 Å². The van der Waals surface area contributed by atoms with Crippen molar-refractivity contribution in [2.45, 2.75) is 76.0 Å². The molecular formula is C23H32O5S. The molecule has 0 saturated carbocycles. The van der Waals surface area contributed by atoms with Gasteiger partial charge in [0.1, 0.15) is 10.6 Å². The summed E-state index contributed by atoms with van der Waals surface area (Å²) in [5.74, 6) is -0.190. The summed E-state index contributed by atoms with van der Waals surface area (Å²) in [6.45, 7) is 2.23. The van der Waals surface area contributed by atoms with Crippen molar-refractivity contribution in [3.05, 3.63) is 48.0 Å². The SMILES string of the molecule is CCCCCCCCCCCc1cccc(Oc2c(O)cccc2S(=O)(=O)O)c1. The Labute approximate surface area is 174 Å². The number of ether oxygens (including phenoxy) is 1. The van der Waals surface area contributed by atoms with Crippen LogP contribution in [-0.2, 0) is 16.5 Å². The van der Waals surface area contributed by atoms with Crippen LogP contribution in [0.5, 0.6) is 17.2 Å². The summed E-state index contributed by atoms with van der Waals surface area (Å²) in [6, 6.07) is 11.2. The van der Waals surface area contributed by atoms with Crippen molar-refractivity contribution in [2.24, 2.45) is 0 Å². The van der Waals surface area contributed by atoms with Crippen molar-refractivity contribution in [1.29, 1.82) is 0 Å². The van der Waals surface area contributed by atoms with Crippen molar-refractivity contribution in [2.75, 3.05) is 0 Å². The molecule has 2 aromatic rings. The first-order chi connectivity index (χ1) is 13.9. The van der Waals surface area contributed by atoms with E-state index in [1.54, 1.807) is 6.07 Å². The van der Waals surface area contributed by atoms with Crippen molar-refractivity contribution in [3.8, 4) is 17.2 Å². The number of rotatable bonds is 13. The van der Waals surface area contributed by atoms with Crippen molar-refractivity contribution < 1.29 is 22.8 Å². The maximum atomic E-state index is 11.5. The lowest BCUT2D eigenvalue weighted by Crippen LogP contribution is -2.01. The first-order valence-corrected chi connectivity index (χ1v) is 11.9. The van der Waals surface area contributed by atoms with E-state index in [1.807, 2.05) is 18.2 Å². The van der Waals surface area contributed by atoms with Crippen LogP contribution in [0.3, 0.4) is 0 Å². The molecule has 2 rings (SSSR count). The monoisotopic (exact) mass is 420 g/mol. The number of phenols is 1. The minimum Gasteiger partial charge on any atom is -0.504 e. The second-order valence-corrected chi connectivity index (χ2v) is 8.80. The first-order valence-electron chi connectivity index (χ1n) is 10.5. The molecule has 29 heavy (non-hydrogen) atoms. The highest BCUT2D eigenvalue weighted by Crippen LogP contribution is 2.37. The molecule has 0 bridgehead atoms. The topological polar surface area (TPSA) is 83.8 Å². The molecule has 0 aliphatic heterocycles. The van der Waals surface area contributed by atoms with Crippen LogP contribution in [0.1, 0.15) is 70.3 Å². The Morgan fingerprint density at radius 1 is 0.862 bits per heavy atom. The van der Waals surface area contributed by atoms with Crippen molar-refractivity contribution >= 4 is 10.1 Å². The molecule has 5 nitrogen and oxygen atoms in total. The maximum absolute atomic E-state index is 11.5. The molecule has 6 heteroatoms. The van der Waals surface area contributed by atoms with E-state index >= 15 is 0 Å². The van der Waals surface area contributed by atoms with Gasteiger partial charge in [-0.3, -0.25) is 4.55 Å². The highest BCUT2D eigenvalue weighted by atomic mass is 32.2. The summed E-state index contributed by atoms with van der Waals surface area (Å²) < 4.78 is 38.0. The number of hydrogen-bond acceptors (Lipinski definition) is 4. The van der Waals surface area contributed by atoms with Gasteiger partial charge in [-0.1, -0.05) is 76.5 Å². The number of para-hydroxylation sites is 1. The van der Waals surface area contributed by atoms with Crippen LogP contribution in [0.4, 0.5) is 0 Å². The molecule has 0 saturated heterocycles. The highest BCUT2D eigenvalue weighted by Gasteiger charge is 2.20. The van der Waals surface area contributed by atoms with Crippen LogP contribution in [0.15, 0.2) is 47.4 Å². The Morgan fingerprint density at radius 2 is 1.48 bits per heavy atom. The van der Waals surface area contributed by atoms with Crippen molar-refractivity contribution in [1.82, 2.24) is 0 Å². The molecule has 0 atom stereocenters. The molecule has 0 fully saturated rings. The third kappa shape index (κ3) is 8.07. The van der Waals surface area contributed by atoms with Gasteiger partial charge in [0.2, 0.25) is 0 Å². The molecule has 0 heterocycles. The number of benzene rings is 2. The van der Waals surface area contributed by atoms with Crippen molar-refractivity contribution in [3.63, 3.8) is 0 Å². The Balaban J connectivity index is 1.86. The number of phenolic OH excluding ortho intramolecular Hbond substituents is 1. The number of hydrogen-bond donors (Lipinski definition) is 2. The molecule has 0 unspecified atom stereocenters. The zero-order valence-corrected chi connectivity index (χ0v) is 18.0. The molecule has 0 radical (unpaired) electrons. The third-order valence-corrected chi connectivity index (χ3v) is 5.80. The predicted octanol–water partition coefficient (Wildman–Crippen LogP) is 6.50. The molecule has 0 aromatic heterocycles. The fourth-order valence-corrected chi connectivity index (χ4v) is 3.96. The lowest BCUT2D eigenvalue weighted by molar-refractivity contribution is 0.397. The molecule has 2 N–H and O–H groups in total. The van der Waals surface area contributed by atoms with Crippen LogP contribution in [0, 0.1) is 0 Å². The first kappa shape index (κ1) is 23.2. The second kappa shape index (κ2) is 11.8. The number of aromatic hydroxyl groups is 1. The quantitative estimate of drug-likeness (QED) is 0.285. The Morgan fingerprint density at radius 3 is 2.14 bits per heavy atom. The fourth-order valence-electron chi connectivity index (χ4n) is 3.33.